The maximum absolute atomic E-state index is 11.4. The summed E-state index contributed by atoms with van der Waals surface area (Å²) in [6.07, 6.45) is 6.70. The second kappa shape index (κ2) is 5.67. The summed E-state index contributed by atoms with van der Waals surface area (Å²) < 4.78 is 0. The fourth-order valence-corrected chi connectivity index (χ4v) is 2.45. The molecule has 0 aromatic carbocycles. The normalized spacial score (nSPS) is 20.1. The predicted molar refractivity (Wildman–Crippen MR) is 65.1 cm³/mol. The molecule has 0 atom stereocenters. The molecule has 0 spiro atoms. The van der Waals surface area contributed by atoms with Gasteiger partial charge in [0.1, 0.15) is 0 Å². The van der Waals surface area contributed by atoms with Crippen LogP contribution in [-0.2, 0) is 4.79 Å². The molecule has 0 bridgehead atoms. The SMILES string of the molecule is CCCNC(=O)CNCC(C1CC1)C1CC1. The van der Waals surface area contributed by atoms with Crippen LogP contribution in [0.15, 0.2) is 0 Å². The Morgan fingerprint density at radius 1 is 1.25 bits per heavy atom. The van der Waals surface area contributed by atoms with Crippen molar-refractivity contribution in [3.63, 3.8) is 0 Å². The fraction of sp³-hybridized carbons (Fsp3) is 0.923. The Morgan fingerprint density at radius 3 is 2.38 bits per heavy atom. The first kappa shape index (κ1) is 11.9. The van der Waals surface area contributed by atoms with E-state index >= 15 is 0 Å². The molecule has 2 rings (SSSR count). The van der Waals surface area contributed by atoms with Crippen LogP contribution in [0, 0.1) is 17.8 Å². The van der Waals surface area contributed by atoms with Crippen LogP contribution in [-0.4, -0.2) is 25.5 Å². The average molecular weight is 224 g/mol. The van der Waals surface area contributed by atoms with Gasteiger partial charge in [0, 0.05) is 6.54 Å². The third kappa shape index (κ3) is 3.78. The van der Waals surface area contributed by atoms with E-state index in [1.165, 1.54) is 25.7 Å². The second-order valence-corrected chi connectivity index (χ2v) is 5.32. The van der Waals surface area contributed by atoms with E-state index in [2.05, 4.69) is 17.6 Å². The molecular weight excluding hydrogens is 200 g/mol. The van der Waals surface area contributed by atoms with Gasteiger partial charge in [0.2, 0.25) is 5.91 Å². The molecule has 0 unspecified atom stereocenters. The summed E-state index contributed by atoms with van der Waals surface area (Å²) in [7, 11) is 0. The zero-order valence-electron chi connectivity index (χ0n) is 10.3. The maximum Gasteiger partial charge on any atom is 0.233 e. The highest BCUT2D eigenvalue weighted by Crippen LogP contribution is 2.48. The first-order valence-corrected chi connectivity index (χ1v) is 6.78. The van der Waals surface area contributed by atoms with Gasteiger partial charge in [-0.15, -0.1) is 0 Å². The number of hydrogen-bond acceptors (Lipinski definition) is 2. The minimum absolute atomic E-state index is 0.146. The van der Waals surface area contributed by atoms with Crippen molar-refractivity contribution < 1.29 is 4.79 Å². The van der Waals surface area contributed by atoms with Crippen molar-refractivity contribution in [1.82, 2.24) is 10.6 Å². The van der Waals surface area contributed by atoms with Gasteiger partial charge in [-0.2, -0.15) is 0 Å². The number of rotatable bonds is 8. The van der Waals surface area contributed by atoms with Gasteiger partial charge in [-0.1, -0.05) is 6.92 Å². The molecule has 2 N–H and O–H groups in total. The van der Waals surface area contributed by atoms with Gasteiger partial charge >= 0.3 is 0 Å². The first-order chi connectivity index (χ1) is 7.81. The van der Waals surface area contributed by atoms with Gasteiger partial charge in [0.05, 0.1) is 6.54 Å². The monoisotopic (exact) mass is 224 g/mol. The van der Waals surface area contributed by atoms with E-state index in [-0.39, 0.29) is 5.91 Å². The molecule has 0 radical (unpaired) electrons. The van der Waals surface area contributed by atoms with Gasteiger partial charge in [0.25, 0.3) is 0 Å². The van der Waals surface area contributed by atoms with E-state index in [4.69, 9.17) is 0 Å². The molecule has 1 amide bonds. The van der Waals surface area contributed by atoms with Crippen LogP contribution >= 0.6 is 0 Å². The summed E-state index contributed by atoms with van der Waals surface area (Å²) in [4.78, 5) is 11.4. The molecule has 92 valence electrons. The lowest BCUT2D eigenvalue weighted by Crippen LogP contribution is -2.37. The maximum atomic E-state index is 11.4. The number of amides is 1. The van der Waals surface area contributed by atoms with Crippen molar-refractivity contribution in [2.75, 3.05) is 19.6 Å². The van der Waals surface area contributed by atoms with Crippen LogP contribution in [0.5, 0.6) is 0 Å². The van der Waals surface area contributed by atoms with E-state index in [9.17, 15) is 4.79 Å². The van der Waals surface area contributed by atoms with Gasteiger partial charge < -0.3 is 10.6 Å². The molecule has 0 aromatic heterocycles. The lowest BCUT2D eigenvalue weighted by Gasteiger charge is -2.15. The Labute approximate surface area is 98.4 Å². The topological polar surface area (TPSA) is 41.1 Å². The standard InChI is InChI=1S/C13H24N2O/c1-2-7-15-13(16)9-14-8-12(10-3-4-10)11-5-6-11/h10-12,14H,2-9H2,1H3,(H,15,16). The molecule has 0 aliphatic heterocycles. The largest absolute Gasteiger partial charge is 0.355 e. The highest BCUT2D eigenvalue weighted by molar-refractivity contribution is 5.77. The van der Waals surface area contributed by atoms with Gasteiger partial charge in [-0.3, -0.25) is 4.79 Å². The summed E-state index contributed by atoms with van der Waals surface area (Å²) in [6, 6.07) is 0. The molecule has 0 aromatic rings. The predicted octanol–water partition coefficient (Wildman–Crippen LogP) is 1.54. The van der Waals surface area contributed by atoms with E-state index in [1.54, 1.807) is 0 Å². The van der Waals surface area contributed by atoms with E-state index in [1.807, 2.05) is 0 Å². The third-order valence-electron chi connectivity index (χ3n) is 3.69. The van der Waals surface area contributed by atoms with E-state index in [0.717, 1.165) is 37.3 Å². The highest BCUT2D eigenvalue weighted by atomic mass is 16.1. The molecule has 0 heterocycles. The molecular formula is C13H24N2O. The quantitative estimate of drug-likeness (QED) is 0.656. The summed E-state index contributed by atoms with van der Waals surface area (Å²) in [5.74, 6) is 2.95. The number of carbonyl (C=O) groups is 1. The van der Waals surface area contributed by atoms with Crippen LogP contribution in [0.1, 0.15) is 39.0 Å². The van der Waals surface area contributed by atoms with Crippen molar-refractivity contribution in [3.8, 4) is 0 Å². The Balaban J connectivity index is 1.57. The Hall–Kier alpha value is -0.570. The van der Waals surface area contributed by atoms with Crippen LogP contribution in [0.4, 0.5) is 0 Å². The van der Waals surface area contributed by atoms with Crippen LogP contribution in [0.3, 0.4) is 0 Å². The molecule has 3 heteroatoms. The lowest BCUT2D eigenvalue weighted by molar-refractivity contribution is -0.120. The van der Waals surface area contributed by atoms with Gasteiger partial charge in [-0.25, -0.2) is 0 Å². The molecule has 16 heavy (non-hydrogen) atoms. The van der Waals surface area contributed by atoms with Gasteiger partial charge in [0.15, 0.2) is 0 Å². The Bertz CT molecular complexity index is 222. The summed E-state index contributed by atoms with van der Waals surface area (Å²) in [5, 5.41) is 6.22. The molecule has 2 aliphatic carbocycles. The minimum Gasteiger partial charge on any atom is -0.355 e. The van der Waals surface area contributed by atoms with E-state index < -0.39 is 0 Å². The van der Waals surface area contributed by atoms with Crippen molar-refractivity contribution in [1.29, 1.82) is 0 Å². The van der Waals surface area contributed by atoms with Crippen LogP contribution < -0.4 is 10.6 Å². The molecule has 2 aliphatic rings. The summed E-state index contributed by atoms with van der Waals surface area (Å²) in [5.41, 5.74) is 0. The van der Waals surface area contributed by atoms with Gasteiger partial charge in [-0.05, 0) is 56.4 Å². The average Bonchev–Trinajstić information content (AvgIpc) is 3.14. The van der Waals surface area contributed by atoms with Crippen LogP contribution in [0.2, 0.25) is 0 Å². The molecule has 2 fully saturated rings. The molecule has 3 nitrogen and oxygen atoms in total. The Morgan fingerprint density at radius 2 is 1.88 bits per heavy atom. The second-order valence-electron chi connectivity index (χ2n) is 5.32. The van der Waals surface area contributed by atoms with Crippen molar-refractivity contribution in [2.45, 2.75) is 39.0 Å². The summed E-state index contributed by atoms with van der Waals surface area (Å²) >= 11 is 0. The zero-order valence-corrected chi connectivity index (χ0v) is 10.3. The minimum atomic E-state index is 0.146. The number of hydrogen-bond donors (Lipinski definition) is 2. The zero-order chi connectivity index (χ0) is 11.4. The number of carbonyl (C=O) groups excluding carboxylic acids is 1. The third-order valence-corrected chi connectivity index (χ3v) is 3.69. The van der Waals surface area contributed by atoms with Crippen molar-refractivity contribution in [2.24, 2.45) is 17.8 Å². The Kier molecular flexibility index (Phi) is 4.22. The first-order valence-electron chi connectivity index (χ1n) is 6.78. The van der Waals surface area contributed by atoms with E-state index in [0.29, 0.717) is 6.54 Å². The highest BCUT2D eigenvalue weighted by Gasteiger charge is 2.40. The summed E-state index contributed by atoms with van der Waals surface area (Å²) in [6.45, 7) is 4.42. The van der Waals surface area contributed by atoms with Crippen molar-refractivity contribution >= 4 is 5.91 Å². The molecule has 2 saturated carbocycles. The van der Waals surface area contributed by atoms with Crippen molar-refractivity contribution in [3.05, 3.63) is 0 Å². The molecule has 0 saturated heterocycles. The number of nitrogens with one attached hydrogen (secondary N) is 2. The smallest absolute Gasteiger partial charge is 0.233 e. The van der Waals surface area contributed by atoms with Crippen LogP contribution in [0.25, 0.3) is 0 Å². The fourth-order valence-electron chi connectivity index (χ4n) is 2.45. The lowest BCUT2D eigenvalue weighted by atomic mass is 9.98.